The molecule has 5 nitrogen and oxygen atoms in total. The van der Waals surface area contributed by atoms with Gasteiger partial charge in [0, 0.05) is 29.5 Å². The molecule has 6 heteroatoms. The van der Waals surface area contributed by atoms with Crippen molar-refractivity contribution in [1.29, 1.82) is 0 Å². The molecular weight excluding hydrogens is 278 g/mol. The first-order chi connectivity index (χ1) is 9.56. The van der Waals surface area contributed by atoms with E-state index in [-0.39, 0.29) is 0 Å². The predicted octanol–water partition coefficient (Wildman–Crippen LogP) is 2.32. The van der Waals surface area contributed by atoms with Gasteiger partial charge in [-0.1, -0.05) is 11.6 Å². The number of carbonyl (C=O) groups excluding carboxylic acids is 2. The van der Waals surface area contributed by atoms with Gasteiger partial charge in [0.05, 0.1) is 6.54 Å². The lowest BCUT2D eigenvalue weighted by Gasteiger charge is -2.07. The van der Waals surface area contributed by atoms with Gasteiger partial charge in [-0.15, -0.1) is 0 Å². The van der Waals surface area contributed by atoms with Gasteiger partial charge in [-0.3, -0.25) is 10.1 Å². The molecule has 1 aromatic heterocycles. The number of aromatic nitrogens is 1. The summed E-state index contributed by atoms with van der Waals surface area (Å²) >= 11 is 5.73. The topological polar surface area (TPSA) is 63.1 Å². The Morgan fingerprint density at radius 1 is 1.20 bits per heavy atom. The van der Waals surface area contributed by atoms with Crippen molar-refractivity contribution in [2.24, 2.45) is 7.05 Å². The fourth-order valence-corrected chi connectivity index (χ4v) is 1.80. The molecular formula is C14H14ClN3O2. The maximum atomic E-state index is 11.8. The zero-order valence-corrected chi connectivity index (χ0v) is 11.6. The van der Waals surface area contributed by atoms with Crippen molar-refractivity contribution in [3.63, 3.8) is 0 Å². The highest BCUT2D eigenvalue weighted by Gasteiger charge is 2.10. The molecule has 104 valence electrons. The second-order valence-electron chi connectivity index (χ2n) is 4.25. The van der Waals surface area contributed by atoms with Gasteiger partial charge in [0.2, 0.25) is 0 Å². The molecule has 3 amide bonds. The molecule has 2 rings (SSSR count). The summed E-state index contributed by atoms with van der Waals surface area (Å²) in [4.78, 5) is 23.4. The van der Waals surface area contributed by atoms with Crippen molar-refractivity contribution in [1.82, 2.24) is 15.2 Å². The normalized spacial score (nSPS) is 10.1. The van der Waals surface area contributed by atoms with Crippen molar-refractivity contribution in [3.8, 4) is 0 Å². The van der Waals surface area contributed by atoms with E-state index in [2.05, 4.69) is 10.6 Å². The van der Waals surface area contributed by atoms with E-state index in [1.165, 1.54) is 0 Å². The number of aryl methyl sites for hydroxylation is 1. The molecule has 0 spiro atoms. The van der Waals surface area contributed by atoms with Crippen LogP contribution in [0.1, 0.15) is 16.1 Å². The van der Waals surface area contributed by atoms with Crippen molar-refractivity contribution < 1.29 is 9.59 Å². The molecule has 1 heterocycles. The van der Waals surface area contributed by atoms with Crippen LogP contribution < -0.4 is 10.6 Å². The molecule has 0 saturated carbocycles. The minimum absolute atomic E-state index is 0.350. The maximum Gasteiger partial charge on any atom is 0.322 e. The fourth-order valence-electron chi connectivity index (χ4n) is 1.67. The van der Waals surface area contributed by atoms with Gasteiger partial charge in [0.1, 0.15) is 0 Å². The number of urea groups is 1. The monoisotopic (exact) mass is 291 g/mol. The van der Waals surface area contributed by atoms with Crippen LogP contribution in [-0.2, 0) is 13.6 Å². The third-order valence-corrected chi connectivity index (χ3v) is 3.07. The van der Waals surface area contributed by atoms with Crippen LogP contribution in [0.5, 0.6) is 0 Å². The molecule has 0 aliphatic carbocycles. The molecule has 1 aromatic carbocycles. The van der Waals surface area contributed by atoms with Crippen LogP contribution in [-0.4, -0.2) is 16.5 Å². The number of rotatable bonds is 3. The van der Waals surface area contributed by atoms with Gasteiger partial charge in [0.25, 0.3) is 5.91 Å². The Kier molecular flexibility index (Phi) is 4.42. The Hall–Kier alpha value is -2.27. The average Bonchev–Trinajstić information content (AvgIpc) is 2.82. The van der Waals surface area contributed by atoms with Crippen LogP contribution >= 0.6 is 11.6 Å². The standard InChI is InChI=1S/C14H14ClN3O2/c1-18-8-2-3-12(18)9-16-14(20)17-13(19)10-4-6-11(15)7-5-10/h2-8H,9H2,1H3,(H2,16,17,19,20). The Bertz CT molecular complexity index is 620. The first-order valence-corrected chi connectivity index (χ1v) is 6.39. The second-order valence-corrected chi connectivity index (χ2v) is 4.69. The molecule has 0 bridgehead atoms. The minimum atomic E-state index is -0.536. The first-order valence-electron chi connectivity index (χ1n) is 6.01. The number of hydrogen-bond donors (Lipinski definition) is 2. The van der Waals surface area contributed by atoms with E-state index >= 15 is 0 Å². The van der Waals surface area contributed by atoms with Crippen LogP contribution in [0.15, 0.2) is 42.6 Å². The molecule has 0 fully saturated rings. The molecule has 0 aliphatic heterocycles. The van der Waals surface area contributed by atoms with E-state index in [1.807, 2.05) is 29.9 Å². The van der Waals surface area contributed by atoms with Gasteiger partial charge in [0.15, 0.2) is 0 Å². The molecule has 0 aliphatic rings. The lowest BCUT2D eigenvalue weighted by atomic mass is 10.2. The average molecular weight is 292 g/mol. The molecule has 0 radical (unpaired) electrons. The van der Waals surface area contributed by atoms with E-state index in [9.17, 15) is 9.59 Å². The number of carbonyl (C=O) groups is 2. The van der Waals surface area contributed by atoms with Crippen molar-refractivity contribution >= 4 is 23.5 Å². The summed E-state index contributed by atoms with van der Waals surface area (Å²) in [7, 11) is 1.88. The lowest BCUT2D eigenvalue weighted by Crippen LogP contribution is -2.39. The van der Waals surface area contributed by atoms with Crippen LogP contribution in [0.3, 0.4) is 0 Å². The summed E-state index contributed by atoms with van der Waals surface area (Å²) in [5.74, 6) is -0.467. The summed E-state index contributed by atoms with van der Waals surface area (Å²) in [6, 6.07) is 9.54. The smallest absolute Gasteiger partial charge is 0.322 e. The highest BCUT2D eigenvalue weighted by molar-refractivity contribution is 6.30. The molecule has 0 unspecified atom stereocenters. The van der Waals surface area contributed by atoms with Gasteiger partial charge in [-0.05, 0) is 36.4 Å². The first kappa shape index (κ1) is 14.1. The third kappa shape index (κ3) is 3.61. The van der Waals surface area contributed by atoms with E-state index < -0.39 is 11.9 Å². The van der Waals surface area contributed by atoms with Gasteiger partial charge >= 0.3 is 6.03 Å². The number of hydrogen-bond acceptors (Lipinski definition) is 2. The molecule has 2 N–H and O–H groups in total. The highest BCUT2D eigenvalue weighted by Crippen LogP contribution is 2.09. The van der Waals surface area contributed by atoms with Crippen molar-refractivity contribution in [2.75, 3.05) is 0 Å². The van der Waals surface area contributed by atoms with Gasteiger partial charge in [-0.25, -0.2) is 4.79 Å². The van der Waals surface area contributed by atoms with E-state index in [1.54, 1.807) is 24.3 Å². The number of nitrogens with zero attached hydrogens (tertiary/aromatic N) is 1. The van der Waals surface area contributed by atoms with E-state index in [0.29, 0.717) is 17.1 Å². The quantitative estimate of drug-likeness (QED) is 0.911. The zero-order valence-electron chi connectivity index (χ0n) is 10.9. The molecule has 20 heavy (non-hydrogen) atoms. The molecule has 0 atom stereocenters. The highest BCUT2D eigenvalue weighted by atomic mass is 35.5. The third-order valence-electron chi connectivity index (χ3n) is 2.81. The van der Waals surface area contributed by atoms with E-state index in [4.69, 9.17) is 11.6 Å². The Morgan fingerprint density at radius 2 is 1.90 bits per heavy atom. The Labute approximate surface area is 121 Å². The second kappa shape index (κ2) is 6.25. The van der Waals surface area contributed by atoms with Crippen molar-refractivity contribution in [3.05, 3.63) is 58.9 Å². The number of benzene rings is 1. The number of amides is 3. The zero-order chi connectivity index (χ0) is 14.5. The Balaban J connectivity index is 1.86. The summed E-state index contributed by atoms with van der Waals surface area (Å²) in [5.41, 5.74) is 1.32. The SMILES string of the molecule is Cn1cccc1CNC(=O)NC(=O)c1ccc(Cl)cc1. The van der Waals surface area contributed by atoms with Crippen LogP contribution in [0.4, 0.5) is 4.79 Å². The Morgan fingerprint density at radius 3 is 2.50 bits per heavy atom. The lowest BCUT2D eigenvalue weighted by molar-refractivity contribution is 0.0964. The molecule has 2 aromatic rings. The van der Waals surface area contributed by atoms with E-state index in [0.717, 1.165) is 5.69 Å². The summed E-state index contributed by atoms with van der Waals surface area (Å²) < 4.78 is 1.89. The number of halogens is 1. The molecule has 0 saturated heterocycles. The van der Waals surface area contributed by atoms with Crippen LogP contribution in [0.2, 0.25) is 5.02 Å². The van der Waals surface area contributed by atoms with Crippen LogP contribution in [0.25, 0.3) is 0 Å². The van der Waals surface area contributed by atoms with Crippen molar-refractivity contribution in [2.45, 2.75) is 6.54 Å². The summed E-state index contributed by atoms with van der Waals surface area (Å²) in [5, 5.41) is 5.41. The number of nitrogens with one attached hydrogen (secondary N) is 2. The van der Waals surface area contributed by atoms with Gasteiger partial charge in [-0.2, -0.15) is 0 Å². The largest absolute Gasteiger partial charge is 0.353 e. The summed E-state index contributed by atoms with van der Waals surface area (Å²) in [6.07, 6.45) is 1.88. The number of imide groups is 1. The summed E-state index contributed by atoms with van der Waals surface area (Å²) in [6.45, 7) is 0.350. The maximum absolute atomic E-state index is 11.8. The fraction of sp³-hybridized carbons (Fsp3) is 0.143. The van der Waals surface area contributed by atoms with Crippen LogP contribution in [0, 0.1) is 0 Å². The predicted molar refractivity (Wildman–Crippen MR) is 76.6 cm³/mol. The van der Waals surface area contributed by atoms with Gasteiger partial charge < -0.3 is 9.88 Å². The minimum Gasteiger partial charge on any atom is -0.353 e.